The summed E-state index contributed by atoms with van der Waals surface area (Å²) in [6.07, 6.45) is 6.34. The van der Waals surface area contributed by atoms with Gasteiger partial charge in [-0.1, -0.05) is 12.0 Å². The highest BCUT2D eigenvalue weighted by molar-refractivity contribution is 5.95. The fourth-order valence-electron chi connectivity index (χ4n) is 2.23. The van der Waals surface area contributed by atoms with E-state index in [1.54, 1.807) is 6.08 Å². The molecule has 2 aliphatic carbocycles. The molecule has 1 fully saturated rings. The molecule has 0 amide bonds. The largest absolute Gasteiger partial charge is 0.385 e. The van der Waals surface area contributed by atoms with Crippen LogP contribution in [0.2, 0.25) is 0 Å². The predicted octanol–water partition coefficient (Wildman–Crippen LogP) is 1.44. The number of fused-ring (bicyclic) bond motifs is 1. The van der Waals surface area contributed by atoms with E-state index >= 15 is 0 Å². The van der Waals surface area contributed by atoms with Crippen LogP contribution in [-0.4, -0.2) is 17.0 Å². The van der Waals surface area contributed by atoms with Crippen molar-refractivity contribution in [1.29, 1.82) is 0 Å². The molecule has 0 bridgehead atoms. The zero-order chi connectivity index (χ0) is 8.55. The van der Waals surface area contributed by atoms with Gasteiger partial charge >= 0.3 is 0 Å². The van der Waals surface area contributed by atoms with Crippen LogP contribution in [0.4, 0.5) is 0 Å². The van der Waals surface area contributed by atoms with Gasteiger partial charge in [0.25, 0.3) is 0 Å². The molecule has 0 heterocycles. The quantitative estimate of drug-likeness (QED) is 0.591. The molecule has 2 atom stereocenters. The van der Waals surface area contributed by atoms with Crippen molar-refractivity contribution in [2.45, 2.75) is 38.2 Å². The van der Waals surface area contributed by atoms with Gasteiger partial charge in [0.2, 0.25) is 0 Å². The van der Waals surface area contributed by atoms with E-state index in [4.69, 9.17) is 0 Å². The van der Waals surface area contributed by atoms with Gasteiger partial charge in [-0.2, -0.15) is 0 Å². The van der Waals surface area contributed by atoms with Crippen LogP contribution in [0, 0.1) is 5.92 Å². The monoisotopic (exact) mass is 166 g/mol. The molecule has 2 rings (SSSR count). The Balaban J connectivity index is 2.19. The molecule has 0 saturated heterocycles. The maximum Gasteiger partial charge on any atom is 0.184 e. The molecule has 1 N–H and O–H groups in total. The number of hydrogen-bond donors (Lipinski definition) is 1. The first-order valence-electron chi connectivity index (χ1n) is 4.70. The van der Waals surface area contributed by atoms with Crippen molar-refractivity contribution in [2.75, 3.05) is 0 Å². The van der Waals surface area contributed by atoms with Crippen LogP contribution >= 0.6 is 0 Å². The normalized spacial score (nSPS) is 35.8. The molecular weight excluding hydrogens is 152 g/mol. The summed E-state index contributed by atoms with van der Waals surface area (Å²) in [5.41, 5.74) is 1.29. The first kappa shape index (κ1) is 7.99. The van der Waals surface area contributed by atoms with Crippen molar-refractivity contribution < 1.29 is 9.90 Å². The van der Waals surface area contributed by atoms with E-state index in [1.165, 1.54) is 18.4 Å². The molecular formula is C10H14O2. The van der Waals surface area contributed by atoms with E-state index in [1.807, 2.05) is 0 Å². The van der Waals surface area contributed by atoms with Crippen LogP contribution in [0.3, 0.4) is 0 Å². The Morgan fingerprint density at radius 1 is 1.42 bits per heavy atom. The minimum atomic E-state index is -0.711. The van der Waals surface area contributed by atoms with Crippen LogP contribution in [0.1, 0.15) is 32.1 Å². The first-order valence-corrected chi connectivity index (χ1v) is 4.70. The van der Waals surface area contributed by atoms with Crippen molar-refractivity contribution >= 4 is 5.78 Å². The molecule has 2 nitrogen and oxygen atoms in total. The van der Waals surface area contributed by atoms with Crippen LogP contribution in [0.15, 0.2) is 11.6 Å². The molecule has 1 unspecified atom stereocenters. The van der Waals surface area contributed by atoms with E-state index in [0.717, 1.165) is 12.8 Å². The van der Waals surface area contributed by atoms with E-state index in [2.05, 4.69) is 0 Å². The van der Waals surface area contributed by atoms with E-state index in [9.17, 15) is 9.90 Å². The van der Waals surface area contributed by atoms with Gasteiger partial charge in [-0.3, -0.25) is 4.79 Å². The second kappa shape index (κ2) is 3.02. The molecule has 12 heavy (non-hydrogen) atoms. The predicted molar refractivity (Wildman–Crippen MR) is 45.7 cm³/mol. The highest BCUT2D eigenvalue weighted by Gasteiger charge is 2.29. The summed E-state index contributed by atoms with van der Waals surface area (Å²) in [7, 11) is 0. The molecule has 2 aliphatic rings. The van der Waals surface area contributed by atoms with E-state index < -0.39 is 6.10 Å². The lowest BCUT2D eigenvalue weighted by Gasteiger charge is -2.30. The third-order valence-corrected chi connectivity index (χ3v) is 2.96. The average molecular weight is 166 g/mol. The zero-order valence-corrected chi connectivity index (χ0v) is 7.12. The van der Waals surface area contributed by atoms with Gasteiger partial charge in [0.15, 0.2) is 5.78 Å². The van der Waals surface area contributed by atoms with Crippen LogP contribution in [0.5, 0.6) is 0 Å². The highest BCUT2D eigenvalue weighted by atomic mass is 16.3. The first-order chi connectivity index (χ1) is 5.77. The summed E-state index contributed by atoms with van der Waals surface area (Å²) in [6, 6.07) is 0. The van der Waals surface area contributed by atoms with Gasteiger partial charge in [0.05, 0.1) is 0 Å². The Bertz CT molecular complexity index is 230. The number of carbonyl (C=O) groups is 1. The number of aliphatic hydroxyl groups is 1. The molecule has 2 heteroatoms. The molecule has 0 aromatic heterocycles. The van der Waals surface area contributed by atoms with Crippen molar-refractivity contribution in [3.63, 3.8) is 0 Å². The van der Waals surface area contributed by atoms with Crippen LogP contribution in [0.25, 0.3) is 0 Å². The van der Waals surface area contributed by atoms with Crippen LogP contribution in [-0.2, 0) is 4.79 Å². The number of rotatable bonds is 0. The maximum absolute atomic E-state index is 11.1. The number of allylic oxidation sites excluding steroid dienone is 1. The van der Waals surface area contributed by atoms with Gasteiger partial charge in [-0.25, -0.2) is 0 Å². The average Bonchev–Trinajstić information content (AvgIpc) is 2.07. The summed E-state index contributed by atoms with van der Waals surface area (Å²) < 4.78 is 0. The van der Waals surface area contributed by atoms with Crippen molar-refractivity contribution in [1.82, 2.24) is 0 Å². The lowest BCUT2D eigenvalue weighted by atomic mass is 9.76. The molecule has 0 radical (unpaired) electrons. The summed E-state index contributed by atoms with van der Waals surface area (Å²) in [5.74, 6) is 0.426. The molecule has 0 aliphatic heterocycles. The standard InChI is InChI=1S/C10H14O2/c11-9-5-7-3-1-2-4-8(7)6-10(9)12/h5,8,10,12H,1-4,6H2/t8?,10-/m1/s1. The van der Waals surface area contributed by atoms with Gasteiger partial charge in [-0.05, 0) is 37.7 Å². The van der Waals surface area contributed by atoms with Crippen molar-refractivity contribution in [2.24, 2.45) is 5.92 Å². The molecule has 66 valence electrons. The summed E-state index contributed by atoms with van der Waals surface area (Å²) in [6.45, 7) is 0. The minimum absolute atomic E-state index is 0.0804. The summed E-state index contributed by atoms with van der Waals surface area (Å²) in [5, 5.41) is 9.32. The summed E-state index contributed by atoms with van der Waals surface area (Å²) >= 11 is 0. The Kier molecular flexibility index (Phi) is 2.01. The SMILES string of the molecule is O=C1C=C2CCCCC2C[C@H]1O. The minimum Gasteiger partial charge on any atom is -0.385 e. The van der Waals surface area contributed by atoms with Gasteiger partial charge in [0.1, 0.15) is 6.10 Å². The Morgan fingerprint density at radius 3 is 3.08 bits per heavy atom. The zero-order valence-electron chi connectivity index (χ0n) is 7.12. The van der Waals surface area contributed by atoms with Crippen LogP contribution < -0.4 is 0 Å². The summed E-state index contributed by atoms with van der Waals surface area (Å²) in [4.78, 5) is 11.1. The van der Waals surface area contributed by atoms with E-state index in [0.29, 0.717) is 12.3 Å². The number of aliphatic hydroxyl groups excluding tert-OH is 1. The van der Waals surface area contributed by atoms with Gasteiger partial charge in [0, 0.05) is 0 Å². The lowest BCUT2D eigenvalue weighted by Crippen LogP contribution is -2.29. The van der Waals surface area contributed by atoms with Crippen molar-refractivity contribution in [3.8, 4) is 0 Å². The highest BCUT2D eigenvalue weighted by Crippen LogP contribution is 2.35. The third kappa shape index (κ3) is 1.31. The molecule has 0 spiro atoms. The number of ketones is 1. The second-order valence-corrected chi connectivity index (χ2v) is 3.82. The van der Waals surface area contributed by atoms with Crippen molar-refractivity contribution in [3.05, 3.63) is 11.6 Å². The maximum atomic E-state index is 11.1. The smallest absolute Gasteiger partial charge is 0.184 e. The number of hydrogen-bond acceptors (Lipinski definition) is 2. The number of carbonyl (C=O) groups excluding carboxylic acids is 1. The Hall–Kier alpha value is -0.630. The topological polar surface area (TPSA) is 37.3 Å². The fourth-order valence-corrected chi connectivity index (χ4v) is 2.23. The molecule has 1 saturated carbocycles. The third-order valence-electron chi connectivity index (χ3n) is 2.96. The van der Waals surface area contributed by atoms with E-state index in [-0.39, 0.29) is 5.78 Å². The second-order valence-electron chi connectivity index (χ2n) is 3.82. The van der Waals surface area contributed by atoms with Gasteiger partial charge in [-0.15, -0.1) is 0 Å². The Labute approximate surface area is 72.3 Å². The Morgan fingerprint density at radius 2 is 2.25 bits per heavy atom. The lowest BCUT2D eigenvalue weighted by molar-refractivity contribution is -0.123. The van der Waals surface area contributed by atoms with Gasteiger partial charge < -0.3 is 5.11 Å². The molecule has 0 aromatic carbocycles. The fraction of sp³-hybridized carbons (Fsp3) is 0.700. The molecule has 0 aromatic rings.